The summed E-state index contributed by atoms with van der Waals surface area (Å²) in [6.07, 6.45) is 3.41. The van der Waals surface area contributed by atoms with E-state index in [1.807, 2.05) is 0 Å². The number of aryl methyl sites for hydroxylation is 1. The predicted octanol–water partition coefficient (Wildman–Crippen LogP) is 4.08. The lowest BCUT2D eigenvalue weighted by Gasteiger charge is -2.07. The highest BCUT2D eigenvalue weighted by Crippen LogP contribution is 2.33. The van der Waals surface area contributed by atoms with Gasteiger partial charge in [-0.2, -0.15) is 0 Å². The molecule has 0 bridgehead atoms. The van der Waals surface area contributed by atoms with Crippen molar-refractivity contribution in [3.8, 4) is 0 Å². The maximum absolute atomic E-state index is 5.96. The van der Waals surface area contributed by atoms with Gasteiger partial charge in [0.2, 0.25) is 0 Å². The largest absolute Gasteiger partial charge is 0.330 e. The van der Waals surface area contributed by atoms with Crippen molar-refractivity contribution in [3.05, 3.63) is 19.8 Å². The van der Waals surface area contributed by atoms with Crippen LogP contribution >= 0.6 is 38.9 Å². The van der Waals surface area contributed by atoms with Gasteiger partial charge in [-0.3, -0.25) is 0 Å². The smallest absolute Gasteiger partial charge is 0.107 e. The molecular weight excluding hydrogens is 282 g/mol. The molecular formula is C10H15BrClNS. The van der Waals surface area contributed by atoms with Gasteiger partial charge in [0.1, 0.15) is 4.34 Å². The molecule has 1 atom stereocenters. The molecule has 14 heavy (non-hydrogen) atoms. The van der Waals surface area contributed by atoms with Gasteiger partial charge in [-0.15, -0.1) is 11.3 Å². The molecule has 0 spiro atoms. The third-order valence-corrected chi connectivity index (χ3v) is 4.77. The molecule has 80 valence electrons. The molecule has 0 amide bonds. The van der Waals surface area contributed by atoms with Gasteiger partial charge in [-0.05, 0) is 53.7 Å². The van der Waals surface area contributed by atoms with Crippen LogP contribution in [0.25, 0.3) is 0 Å². The van der Waals surface area contributed by atoms with Gasteiger partial charge in [0.15, 0.2) is 0 Å². The Balaban J connectivity index is 2.38. The van der Waals surface area contributed by atoms with Crippen molar-refractivity contribution < 1.29 is 0 Å². The highest BCUT2D eigenvalue weighted by atomic mass is 79.9. The van der Waals surface area contributed by atoms with Crippen molar-refractivity contribution in [2.24, 2.45) is 11.7 Å². The summed E-state index contributed by atoms with van der Waals surface area (Å²) in [6.45, 7) is 3.03. The van der Waals surface area contributed by atoms with Crippen molar-refractivity contribution >= 4 is 38.9 Å². The van der Waals surface area contributed by atoms with E-state index in [-0.39, 0.29) is 0 Å². The van der Waals surface area contributed by atoms with Crippen LogP contribution in [0.5, 0.6) is 0 Å². The zero-order chi connectivity index (χ0) is 10.6. The van der Waals surface area contributed by atoms with Gasteiger partial charge >= 0.3 is 0 Å². The number of hydrogen-bond acceptors (Lipinski definition) is 2. The minimum absolute atomic E-state index is 0.708. The van der Waals surface area contributed by atoms with Crippen LogP contribution in [0.15, 0.2) is 10.5 Å². The Morgan fingerprint density at radius 3 is 2.79 bits per heavy atom. The Labute approximate surface area is 103 Å². The zero-order valence-electron chi connectivity index (χ0n) is 8.22. The normalized spacial score (nSPS) is 13.1. The van der Waals surface area contributed by atoms with Crippen LogP contribution < -0.4 is 5.73 Å². The SMILES string of the molecule is CC(CCN)CCc1cc(Br)c(Cl)s1. The summed E-state index contributed by atoms with van der Waals surface area (Å²) in [5, 5.41) is 0. The fourth-order valence-corrected chi connectivity index (χ4v) is 3.14. The van der Waals surface area contributed by atoms with Gasteiger partial charge < -0.3 is 5.73 Å². The molecule has 1 heterocycles. The number of rotatable bonds is 5. The molecule has 0 aliphatic heterocycles. The Bertz CT molecular complexity index is 268. The second-order valence-electron chi connectivity index (χ2n) is 3.56. The van der Waals surface area contributed by atoms with Crippen LogP contribution in [0.1, 0.15) is 24.6 Å². The van der Waals surface area contributed by atoms with Crippen molar-refractivity contribution in [3.63, 3.8) is 0 Å². The molecule has 1 rings (SSSR count). The molecule has 0 saturated heterocycles. The lowest BCUT2D eigenvalue weighted by Crippen LogP contribution is -2.06. The van der Waals surface area contributed by atoms with Gasteiger partial charge in [-0.1, -0.05) is 18.5 Å². The van der Waals surface area contributed by atoms with Gasteiger partial charge in [-0.25, -0.2) is 0 Å². The van der Waals surface area contributed by atoms with Gasteiger partial charge in [0, 0.05) is 9.35 Å². The molecule has 1 aromatic heterocycles. The van der Waals surface area contributed by atoms with Crippen molar-refractivity contribution in [1.82, 2.24) is 0 Å². The minimum atomic E-state index is 0.708. The number of nitrogens with two attached hydrogens (primary N) is 1. The van der Waals surface area contributed by atoms with Gasteiger partial charge in [0.25, 0.3) is 0 Å². The maximum atomic E-state index is 5.96. The highest BCUT2D eigenvalue weighted by Gasteiger charge is 2.06. The van der Waals surface area contributed by atoms with Crippen molar-refractivity contribution in [2.75, 3.05) is 6.54 Å². The van der Waals surface area contributed by atoms with Crippen molar-refractivity contribution in [2.45, 2.75) is 26.2 Å². The molecule has 0 aromatic carbocycles. The summed E-state index contributed by atoms with van der Waals surface area (Å²) >= 11 is 11.0. The molecule has 0 fully saturated rings. The van der Waals surface area contributed by atoms with Crippen LogP contribution in [0.2, 0.25) is 4.34 Å². The molecule has 0 saturated carbocycles. The second kappa shape index (κ2) is 6.11. The first-order valence-electron chi connectivity index (χ1n) is 4.77. The van der Waals surface area contributed by atoms with Crippen LogP contribution in [-0.2, 0) is 6.42 Å². The molecule has 4 heteroatoms. The molecule has 1 nitrogen and oxygen atoms in total. The zero-order valence-corrected chi connectivity index (χ0v) is 11.4. The minimum Gasteiger partial charge on any atom is -0.330 e. The van der Waals surface area contributed by atoms with E-state index in [9.17, 15) is 0 Å². The van der Waals surface area contributed by atoms with E-state index >= 15 is 0 Å². The average Bonchev–Trinajstić information content (AvgIpc) is 2.44. The van der Waals surface area contributed by atoms with E-state index in [1.54, 1.807) is 11.3 Å². The van der Waals surface area contributed by atoms with Crippen LogP contribution in [0, 0.1) is 5.92 Å². The lowest BCUT2D eigenvalue weighted by molar-refractivity contribution is 0.501. The van der Waals surface area contributed by atoms with Crippen molar-refractivity contribution in [1.29, 1.82) is 0 Å². The fraction of sp³-hybridized carbons (Fsp3) is 0.600. The van der Waals surface area contributed by atoms with E-state index in [0.29, 0.717) is 5.92 Å². The summed E-state index contributed by atoms with van der Waals surface area (Å²) in [5.74, 6) is 0.708. The summed E-state index contributed by atoms with van der Waals surface area (Å²) in [6, 6.07) is 2.11. The molecule has 0 aliphatic rings. The Morgan fingerprint density at radius 1 is 1.57 bits per heavy atom. The number of hydrogen-bond donors (Lipinski definition) is 1. The second-order valence-corrected chi connectivity index (χ2v) is 6.15. The Kier molecular flexibility index (Phi) is 5.45. The monoisotopic (exact) mass is 295 g/mol. The third kappa shape index (κ3) is 3.89. The summed E-state index contributed by atoms with van der Waals surface area (Å²) in [4.78, 5) is 1.35. The topological polar surface area (TPSA) is 26.0 Å². The molecule has 0 radical (unpaired) electrons. The maximum Gasteiger partial charge on any atom is 0.107 e. The first-order valence-corrected chi connectivity index (χ1v) is 6.76. The van der Waals surface area contributed by atoms with E-state index < -0.39 is 0 Å². The Morgan fingerprint density at radius 2 is 2.29 bits per heavy atom. The first kappa shape index (κ1) is 12.5. The van der Waals surface area contributed by atoms with Crippen LogP contribution in [0.3, 0.4) is 0 Å². The molecule has 2 N–H and O–H groups in total. The van der Waals surface area contributed by atoms with E-state index in [2.05, 4.69) is 28.9 Å². The molecule has 0 aliphatic carbocycles. The highest BCUT2D eigenvalue weighted by molar-refractivity contribution is 9.10. The summed E-state index contributed by atoms with van der Waals surface area (Å²) in [5.41, 5.74) is 5.50. The number of halogens is 2. The molecule has 1 unspecified atom stereocenters. The third-order valence-electron chi connectivity index (χ3n) is 2.24. The van der Waals surface area contributed by atoms with E-state index in [1.165, 1.54) is 11.3 Å². The van der Waals surface area contributed by atoms with Crippen LogP contribution in [0.4, 0.5) is 0 Å². The Hall–Kier alpha value is 0.430. The first-order chi connectivity index (χ1) is 6.63. The predicted molar refractivity (Wildman–Crippen MR) is 68.2 cm³/mol. The fourth-order valence-electron chi connectivity index (χ4n) is 1.33. The quantitative estimate of drug-likeness (QED) is 0.870. The standard InChI is InChI=1S/C10H15BrClNS/c1-7(4-5-13)2-3-8-6-9(11)10(12)14-8/h6-7H,2-5,13H2,1H3. The summed E-state index contributed by atoms with van der Waals surface area (Å²) < 4.78 is 1.87. The van der Waals surface area contributed by atoms with Gasteiger partial charge in [0.05, 0.1) is 0 Å². The van der Waals surface area contributed by atoms with Crippen LogP contribution in [-0.4, -0.2) is 6.54 Å². The van der Waals surface area contributed by atoms with E-state index in [0.717, 1.165) is 28.2 Å². The average molecular weight is 297 g/mol. The summed E-state index contributed by atoms with van der Waals surface area (Å²) in [7, 11) is 0. The van der Waals surface area contributed by atoms with E-state index in [4.69, 9.17) is 17.3 Å². The number of thiophene rings is 1. The lowest BCUT2D eigenvalue weighted by atomic mass is 10.0. The molecule has 1 aromatic rings.